The summed E-state index contributed by atoms with van der Waals surface area (Å²) in [5.41, 5.74) is 0.907. The molecule has 2 rings (SSSR count). The molecular formula is C13H14BrCl2N3O. The summed E-state index contributed by atoms with van der Waals surface area (Å²) < 4.78 is 7.63. The van der Waals surface area contributed by atoms with Gasteiger partial charge in [0.05, 0.1) is 5.02 Å². The molecule has 0 aliphatic carbocycles. The van der Waals surface area contributed by atoms with E-state index in [2.05, 4.69) is 32.9 Å². The molecule has 0 aliphatic rings. The second-order valence-corrected chi connectivity index (χ2v) is 5.60. The predicted molar refractivity (Wildman–Crippen MR) is 83.7 cm³/mol. The van der Waals surface area contributed by atoms with Crippen molar-refractivity contribution in [2.24, 2.45) is 0 Å². The molecule has 0 aliphatic heterocycles. The lowest BCUT2D eigenvalue weighted by molar-refractivity contribution is 0.284. The third-order valence-electron chi connectivity index (χ3n) is 2.71. The molecule has 0 spiro atoms. The fourth-order valence-electron chi connectivity index (χ4n) is 1.81. The first-order chi connectivity index (χ1) is 9.65. The molecule has 0 N–H and O–H groups in total. The van der Waals surface area contributed by atoms with Crippen LogP contribution in [-0.2, 0) is 18.5 Å². The largest absolute Gasteiger partial charge is 0.484 e. The number of hydrogen-bond donors (Lipinski definition) is 0. The van der Waals surface area contributed by atoms with Crippen LogP contribution in [0.15, 0.2) is 18.5 Å². The Bertz CT molecular complexity index is 589. The summed E-state index contributed by atoms with van der Waals surface area (Å²) in [7, 11) is 0. The highest BCUT2D eigenvalue weighted by atomic mass is 79.9. The zero-order chi connectivity index (χ0) is 14.5. The first-order valence-electron chi connectivity index (χ1n) is 6.19. The Labute approximate surface area is 136 Å². The monoisotopic (exact) mass is 377 g/mol. The molecule has 0 saturated carbocycles. The Kier molecular flexibility index (Phi) is 5.69. The smallest absolute Gasteiger partial charge is 0.164 e. The van der Waals surface area contributed by atoms with Crippen LogP contribution in [0.4, 0.5) is 0 Å². The summed E-state index contributed by atoms with van der Waals surface area (Å²) in [5.74, 6) is 1.40. The van der Waals surface area contributed by atoms with E-state index in [-0.39, 0.29) is 0 Å². The quantitative estimate of drug-likeness (QED) is 0.696. The maximum Gasteiger partial charge on any atom is 0.164 e. The molecule has 1 heterocycles. The van der Waals surface area contributed by atoms with Crippen molar-refractivity contribution in [1.29, 1.82) is 0 Å². The van der Waals surface area contributed by atoms with Gasteiger partial charge in [-0.2, -0.15) is 5.10 Å². The zero-order valence-corrected chi connectivity index (χ0v) is 14.0. The fourth-order valence-corrected chi connectivity index (χ4v) is 2.82. The number of rotatable bonds is 6. The van der Waals surface area contributed by atoms with Gasteiger partial charge in [-0.25, -0.2) is 9.67 Å². The first-order valence-corrected chi connectivity index (χ1v) is 8.06. The van der Waals surface area contributed by atoms with E-state index in [9.17, 15) is 0 Å². The minimum atomic E-state index is 0.321. The second kappa shape index (κ2) is 7.29. The van der Waals surface area contributed by atoms with Gasteiger partial charge < -0.3 is 4.74 Å². The highest BCUT2D eigenvalue weighted by Crippen LogP contribution is 2.34. The average molecular weight is 379 g/mol. The molecule has 1 aromatic carbocycles. The van der Waals surface area contributed by atoms with Crippen LogP contribution < -0.4 is 4.74 Å². The lowest BCUT2D eigenvalue weighted by Crippen LogP contribution is -2.09. The molecule has 0 atom stereocenters. The van der Waals surface area contributed by atoms with Crippen LogP contribution in [-0.4, -0.2) is 14.8 Å². The molecule has 0 amide bonds. The number of alkyl halides is 1. The number of aromatic nitrogens is 3. The van der Waals surface area contributed by atoms with Crippen LogP contribution >= 0.6 is 39.1 Å². The van der Waals surface area contributed by atoms with Gasteiger partial charge in [-0.1, -0.05) is 46.1 Å². The summed E-state index contributed by atoms with van der Waals surface area (Å²) in [6.07, 6.45) is 2.52. The Morgan fingerprint density at radius 3 is 2.85 bits per heavy atom. The van der Waals surface area contributed by atoms with Gasteiger partial charge in [0, 0.05) is 22.5 Å². The van der Waals surface area contributed by atoms with Crippen LogP contribution in [0.1, 0.15) is 24.7 Å². The molecular weight excluding hydrogens is 365 g/mol. The van der Waals surface area contributed by atoms with Crippen LogP contribution in [0.2, 0.25) is 10.0 Å². The van der Waals surface area contributed by atoms with Crippen molar-refractivity contribution in [2.75, 3.05) is 0 Å². The highest BCUT2D eigenvalue weighted by molar-refractivity contribution is 9.08. The van der Waals surface area contributed by atoms with Gasteiger partial charge in [-0.15, -0.1) is 0 Å². The number of halogens is 3. The van der Waals surface area contributed by atoms with E-state index in [0.29, 0.717) is 27.7 Å². The standard InChI is InChI=1S/C13H14BrCl2N3O/c1-2-3-19-12(17-8-18-19)7-20-13-9(6-14)4-10(15)5-11(13)16/h4-5,8H,2-3,6-7H2,1H3. The molecule has 0 bridgehead atoms. The van der Waals surface area contributed by atoms with Crippen molar-refractivity contribution in [3.63, 3.8) is 0 Å². The average Bonchev–Trinajstić information content (AvgIpc) is 2.85. The third kappa shape index (κ3) is 3.65. The zero-order valence-electron chi connectivity index (χ0n) is 10.9. The van der Waals surface area contributed by atoms with Gasteiger partial charge in [0.1, 0.15) is 18.7 Å². The van der Waals surface area contributed by atoms with Crippen LogP contribution in [0.5, 0.6) is 5.75 Å². The number of ether oxygens (including phenoxy) is 1. The highest BCUT2D eigenvalue weighted by Gasteiger charge is 2.12. The summed E-state index contributed by atoms with van der Waals surface area (Å²) >= 11 is 15.6. The Morgan fingerprint density at radius 1 is 1.35 bits per heavy atom. The molecule has 4 nitrogen and oxygen atoms in total. The van der Waals surface area contributed by atoms with Crippen molar-refractivity contribution < 1.29 is 4.74 Å². The first kappa shape index (κ1) is 15.6. The maximum absolute atomic E-state index is 6.18. The number of hydrogen-bond acceptors (Lipinski definition) is 3. The normalized spacial score (nSPS) is 10.8. The summed E-state index contributed by atoms with van der Waals surface area (Å²) in [5, 5.41) is 5.86. The van der Waals surface area contributed by atoms with E-state index in [1.807, 2.05) is 10.7 Å². The number of benzene rings is 1. The SMILES string of the molecule is CCCn1ncnc1COc1c(Cl)cc(Cl)cc1CBr. The van der Waals surface area contributed by atoms with Crippen molar-refractivity contribution in [1.82, 2.24) is 14.8 Å². The van der Waals surface area contributed by atoms with E-state index in [1.54, 1.807) is 6.07 Å². The molecule has 0 fully saturated rings. The van der Waals surface area contributed by atoms with E-state index < -0.39 is 0 Å². The Hall–Kier alpha value is -0.780. The lowest BCUT2D eigenvalue weighted by atomic mass is 10.2. The van der Waals surface area contributed by atoms with E-state index in [1.165, 1.54) is 6.33 Å². The summed E-state index contributed by atoms with van der Waals surface area (Å²) in [6, 6.07) is 3.50. The van der Waals surface area contributed by atoms with Gasteiger partial charge in [-0.05, 0) is 18.6 Å². The molecule has 7 heteroatoms. The van der Waals surface area contributed by atoms with Gasteiger partial charge in [0.15, 0.2) is 5.82 Å². The molecule has 2 aromatic rings. The molecule has 0 unspecified atom stereocenters. The Balaban J connectivity index is 2.16. The fraction of sp³-hybridized carbons (Fsp3) is 0.385. The molecule has 1 aromatic heterocycles. The minimum absolute atomic E-state index is 0.321. The lowest BCUT2D eigenvalue weighted by Gasteiger charge is -2.12. The van der Waals surface area contributed by atoms with Gasteiger partial charge in [-0.3, -0.25) is 0 Å². The van der Waals surface area contributed by atoms with Gasteiger partial charge in [0.2, 0.25) is 0 Å². The van der Waals surface area contributed by atoms with Crippen LogP contribution in [0.25, 0.3) is 0 Å². The van der Waals surface area contributed by atoms with E-state index in [0.717, 1.165) is 24.4 Å². The van der Waals surface area contributed by atoms with Crippen LogP contribution in [0.3, 0.4) is 0 Å². The summed E-state index contributed by atoms with van der Waals surface area (Å²) in [6.45, 7) is 3.23. The molecule has 20 heavy (non-hydrogen) atoms. The molecule has 108 valence electrons. The van der Waals surface area contributed by atoms with Crippen LogP contribution in [0, 0.1) is 0 Å². The molecule has 0 saturated heterocycles. The van der Waals surface area contributed by atoms with Crippen molar-refractivity contribution in [3.8, 4) is 5.75 Å². The third-order valence-corrected chi connectivity index (χ3v) is 3.81. The summed E-state index contributed by atoms with van der Waals surface area (Å²) in [4.78, 5) is 4.20. The maximum atomic E-state index is 6.18. The number of nitrogens with zero attached hydrogens (tertiary/aromatic N) is 3. The van der Waals surface area contributed by atoms with Gasteiger partial charge >= 0.3 is 0 Å². The topological polar surface area (TPSA) is 39.9 Å². The van der Waals surface area contributed by atoms with E-state index in [4.69, 9.17) is 27.9 Å². The minimum Gasteiger partial charge on any atom is -0.484 e. The predicted octanol–water partition coefficient (Wildman–Crippen LogP) is 4.47. The number of aryl methyl sites for hydroxylation is 1. The molecule has 0 radical (unpaired) electrons. The Morgan fingerprint density at radius 2 is 2.15 bits per heavy atom. The van der Waals surface area contributed by atoms with Crippen molar-refractivity contribution in [2.45, 2.75) is 31.8 Å². The van der Waals surface area contributed by atoms with Gasteiger partial charge in [0.25, 0.3) is 0 Å². The second-order valence-electron chi connectivity index (χ2n) is 4.20. The van der Waals surface area contributed by atoms with Crippen molar-refractivity contribution >= 4 is 39.1 Å². The van der Waals surface area contributed by atoms with E-state index >= 15 is 0 Å². The van der Waals surface area contributed by atoms with Crippen molar-refractivity contribution in [3.05, 3.63) is 39.9 Å².